The number of nitrogens with zero attached hydrogens (tertiary/aromatic N) is 3. The topological polar surface area (TPSA) is 50.9 Å². The second kappa shape index (κ2) is 6.53. The molecule has 0 bridgehead atoms. The third-order valence-electron chi connectivity index (χ3n) is 4.42. The van der Waals surface area contributed by atoms with E-state index in [0.29, 0.717) is 6.04 Å². The number of hydrogen-bond acceptors (Lipinski definition) is 6. The fourth-order valence-corrected chi connectivity index (χ4v) is 4.18. The van der Waals surface area contributed by atoms with E-state index in [2.05, 4.69) is 28.1 Å². The van der Waals surface area contributed by atoms with Crippen LogP contribution in [-0.2, 0) is 10.5 Å². The van der Waals surface area contributed by atoms with Crippen LogP contribution in [0.3, 0.4) is 0 Å². The van der Waals surface area contributed by atoms with Crippen LogP contribution in [0.25, 0.3) is 11.1 Å². The standard InChI is InChI=1S/C17H21N3O2S/c1-12-4-2-5-14-17(12)19-15(22-14)11-23-16-10-13(6-9-21-16)20-8-3-7-18-20/h2,4-5,7,13,16H,3,6,8-11H2,1H3. The van der Waals surface area contributed by atoms with E-state index >= 15 is 0 Å². The van der Waals surface area contributed by atoms with Gasteiger partial charge in [-0.1, -0.05) is 12.1 Å². The Bertz CT molecular complexity index is 715. The molecule has 23 heavy (non-hydrogen) atoms. The Morgan fingerprint density at radius 2 is 2.35 bits per heavy atom. The SMILES string of the molecule is Cc1cccc2oc(CSC3CC(N4CCC=N4)CCO3)nc12. The van der Waals surface area contributed by atoms with Crippen molar-refractivity contribution in [3.63, 3.8) is 0 Å². The summed E-state index contributed by atoms with van der Waals surface area (Å²) >= 11 is 1.78. The van der Waals surface area contributed by atoms with Crippen LogP contribution in [0.2, 0.25) is 0 Å². The van der Waals surface area contributed by atoms with Crippen LogP contribution in [0, 0.1) is 6.92 Å². The average Bonchev–Trinajstić information content (AvgIpc) is 3.23. The number of ether oxygens (including phenoxy) is 1. The van der Waals surface area contributed by atoms with Gasteiger partial charge < -0.3 is 9.15 Å². The smallest absolute Gasteiger partial charge is 0.205 e. The number of para-hydroxylation sites is 1. The van der Waals surface area contributed by atoms with Gasteiger partial charge in [0.15, 0.2) is 5.58 Å². The number of rotatable bonds is 4. The first-order chi connectivity index (χ1) is 11.3. The number of hydrogen-bond donors (Lipinski definition) is 0. The number of benzene rings is 1. The normalized spacial score (nSPS) is 24.7. The van der Waals surface area contributed by atoms with Gasteiger partial charge in [-0.15, -0.1) is 11.8 Å². The Hall–Kier alpha value is -1.53. The number of aromatic nitrogens is 1. The molecule has 1 fully saturated rings. The molecule has 2 aliphatic rings. The van der Waals surface area contributed by atoms with Crippen molar-refractivity contribution in [1.82, 2.24) is 9.99 Å². The molecular formula is C17H21N3O2S. The molecule has 0 spiro atoms. The average molecular weight is 331 g/mol. The summed E-state index contributed by atoms with van der Waals surface area (Å²) in [6.45, 7) is 3.92. The molecule has 2 atom stereocenters. The van der Waals surface area contributed by atoms with E-state index < -0.39 is 0 Å². The predicted molar refractivity (Wildman–Crippen MR) is 92.6 cm³/mol. The molecule has 1 aromatic carbocycles. The van der Waals surface area contributed by atoms with Gasteiger partial charge in [0.2, 0.25) is 5.89 Å². The van der Waals surface area contributed by atoms with Crippen molar-refractivity contribution in [3.8, 4) is 0 Å². The second-order valence-electron chi connectivity index (χ2n) is 6.07. The minimum Gasteiger partial charge on any atom is -0.440 e. The molecule has 0 saturated carbocycles. The molecule has 5 nitrogen and oxygen atoms in total. The van der Waals surface area contributed by atoms with Crippen molar-refractivity contribution in [2.24, 2.45) is 5.10 Å². The summed E-state index contributed by atoms with van der Waals surface area (Å²) in [5.41, 5.74) is 3.19. The van der Waals surface area contributed by atoms with Gasteiger partial charge in [-0.05, 0) is 25.0 Å². The maximum absolute atomic E-state index is 5.90. The zero-order valence-corrected chi connectivity index (χ0v) is 14.1. The van der Waals surface area contributed by atoms with Gasteiger partial charge in [-0.25, -0.2) is 4.98 Å². The summed E-state index contributed by atoms with van der Waals surface area (Å²) < 4.78 is 11.7. The van der Waals surface area contributed by atoms with E-state index in [-0.39, 0.29) is 5.44 Å². The number of aryl methyl sites for hydroxylation is 1. The number of thioether (sulfide) groups is 1. The van der Waals surface area contributed by atoms with Crippen molar-refractivity contribution >= 4 is 29.1 Å². The van der Waals surface area contributed by atoms with Crippen LogP contribution in [0.4, 0.5) is 0 Å². The Kier molecular flexibility index (Phi) is 4.27. The molecule has 3 heterocycles. The highest BCUT2D eigenvalue weighted by molar-refractivity contribution is 7.98. The molecule has 4 rings (SSSR count). The van der Waals surface area contributed by atoms with E-state index in [1.807, 2.05) is 18.3 Å². The summed E-state index contributed by atoms with van der Waals surface area (Å²) in [5.74, 6) is 1.53. The molecule has 122 valence electrons. The zero-order chi connectivity index (χ0) is 15.6. The van der Waals surface area contributed by atoms with Crippen molar-refractivity contribution < 1.29 is 9.15 Å². The third-order valence-corrected chi connectivity index (χ3v) is 5.53. The van der Waals surface area contributed by atoms with Crippen LogP contribution >= 0.6 is 11.8 Å². The molecule has 2 unspecified atom stereocenters. The van der Waals surface area contributed by atoms with Gasteiger partial charge in [0.25, 0.3) is 0 Å². The molecule has 0 aliphatic carbocycles. The molecule has 2 aromatic rings. The fraction of sp³-hybridized carbons (Fsp3) is 0.529. The van der Waals surface area contributed by atoms with Crippen molar-refractivity contribution in [2.75, 3.05) is 13.2 Å². The van der Waals surface area contributed by atoms with Gasteiger partial charge in [-0.2, -0.15) is 5.10 Å². The first-order valence-electron chi connectivity index (χ1n) is 8.17. The monoisotopic (exact) mass is 331 g/mol. The summed E-state index contributed by atoms with van der Waals surface area (Å²) in [6, 6.07) is 6.55. The van der Waals surface area contributed by atoms with Gasteiger partial charge in [-0.3, -0.25) is 5.01 Å². The Morgan fingerprint density at radius 1 is 1.39 bits per heavy atom. The Labute approximate surface area is 140 Å². The maximum atomic E-state index is 5.90. The molecule has 6 heteroatoms. The van der Waals surface area contributed by atoms with E-state index in [0.717, 1.165) is 60.7 Å². The van der Waals surface area contributed by atoms with Crippen molar-refractivity contribution in [1.29, 1.82) is 0 Å². The van der Waals surface area contributed by atoms with Gasteiger partial charge in [0.1, 0.15) is 11.0 Å². The second-order valence-corrected chi connectivity index (χ2v) is 7.22. The lowest BCUT2D eigenvalue weighted by atomic mass is 10.1. The Morgan fingerprint density at radius 3 is 3.17 bits per heavy atom. The van der Waals surface area contributed by atoms with Gasteiger partial charge in [0.05, 0.1) is 18.4 Å². The quantitative estimate of drug-likeness (QED) is 0.857. The van der Waals surface area contributed by atoms with Gasteiger partial charge >= 0.3 is 0 Å². The molecule has 0 radical (unpaired) electrons. The highest BCUT2D eigenvalue weighted by Gasteiger charge is 2.28. The molecule has 1 saturated heterocycles. The van der Waals surface area contributed by atoms with Crippen LogP contribution in [-0.4, -0.2) is 40.8 Å². The van der Waals surface area contributed by atoms with Crippen LogP contribution in [0.1, 0.15) is 30.7 Å². The zero-order valence-electron chi connectivity index (χ0n) is 13.3. The minimum atomic E-state index is 0.195. The van der Waals surface area contributed by atoms with E-state index in [9.17, 15) is 0 Å². The summed E-state index contributed by atoms with van der Waals surface area (Å²) in [4.78, 5) is 4.62. The number of oxazole rings is 1. The Balaban J connectivity index is 1.37. The van der Waals surface area contributed by atoms with Crippen molar-refractivity contribution in [2.45, 2.75) is 43.4 Å². The molecule has 1 aromatic heterocycles. The van der Waals surface area contributed by atoms with Crippen LogP contribution in [0.5, 0.6) is 0 Å². The van der Waals surface area contributed by atoms with E-state index in [1.165, 1.54) is 0 Å². The van der Waals surface area contributed by atoms with Crippen LogP contribution in [0.15, 0.2) is 27.7 Å². The lowest BCUT2D eigenvalue weighted by Crippen LogP contribution is -2.37. The largest absolute Gasteiger partial charge is 0.440 e. The fourth-order valence-electron chi connectivity index (χ4n) is 3.18. The predicted octanol–water partition coefficient (Wildman–Crippen LogP) is 3.57. The number of hydrazone groups is 1. The van der Waals surface area contributed by atoms with Crippen molar-refractivity contribution in [3.05, 3.63) is 29.7 Å². The van der Waals surface area contributed by atoms with Gasteiger partial charge in [0, 0.05) is 25.6 Å². The summed E-state index contributed by atoms with van der Waals surface area (Å²) in [7, 11) is 0. The maximum Gasteiger partial charge on any atom is 0.205 e. The van der Waals surface area contributed by atoms with E-state index in [4.69, 9.17) is 9.15 Å². The first kappa shape index (κ1) is 15.0. The summed E-state index contributed by atoms with van der Waals surface area (Å²) in [6.07, 6.45) is 5.16. The molecular weight excluding hydrogens is 310 g/mol. The highest BCUT2D eigenvalue weighted by Crippen LogP contribution is 2.30. The number of fused-ring (bicyclic) bond motifs is 1. The summed E-state index contributed by atoms with van der Waals surface area (Å²) in [5, 5.41) is 6.68. The van der Waals surface area contributed by atoms with E-state index in [1.54, 1.807) is 11.8 Å². The molecule has 2 aliphatic heterocycles. The third kappa shape index (κ3) is 3.23. The highest BCUT2D eigenvalue weighted by atomic mass is 32.2. The van der Waals surface area contributed by atoms with Crippen LogP contribution < -0.4 is 0 Å². The first-order valence-corrected chi connectivity index (χ1v) is 9.22. The minimum absolute atomic E-state index is 0.195. The lowest BCUT2D eigenvalue weighted by Gasteiger charge is -2.33. The molecule has 0 amide bonds. The lowest BCUT2D eigenvalue weighted by molar-refractivity contribution is 0.0204. The molecule has 0 N–H and O–H groups in total.